The Bertz CT molecular complexity index is 775. The zero-order valence-electron chi connectivity index (χ0n) is 12.7. The largest absolute Gasteiger partial charge is 0.508 e. The van der Waals surface area contributed by atoms with Gasteiger partial charge in [-0.3, -0.25) is 0 Å². The summed E-state index contributed by atoms with van der Waals surface area (Å²) in [5.74, 6) is 1.07. The van der Waals surface area contributed by atoms with Crippen LogP contribution in [0.5, 0.6) is 5.75 Å². The number of para-hydroxylation sites is 1. The number of phenols is 1. The predicted molar refractivity (Wildman–Crippen MR) is 88.8 cm³/mol. The molecule has 2 N–H and O–H groups in total. The van der Waals surface area contributed by atoms with Crippen LogP contribution in [0.15, 0.2) is 54.7 Å². The highest BCUT2D eigenvalue weighted by Gasteiger charge is 2.09. The smallest absolute Gasteiger partial charge is 0.203 e. The van der Waals surface area contributed by atoms with Gasteiger partial charge in [-0.1, -0.05) is 48.0 Å². The lowest BCUT2D eigenvalue weighted by atomic mass is 10.1. The number of hydrogen-bond donors (Lipinski definition) is 2. The first-order valence-electron chi connectivity index (χ1n) is 7.24. The van der Waals surface area contributed by atoms with E-state index in [0.29, 0.717) is 12.3 Å². The molecule has 0 unspecified atom stereocenters. The molecule has 1 heterocycles. The van der Waals surface area contributed by atoms with Crippen molar-refractivity contribution in [1.82, 2.24) is 9.55 Å². The normalized spacial score (nSPS) is 10.6. The van der Waals surface area contributed by atoms with Gasteiger partial charge in [0.1, 0.15) is 5.75 Å². The Morgan fingerprint density at radius 2 is 1.82 bits per heavy atom. The van der Waals surface area contributed by atoms with Crippen molar-refractivity contribution < 1.29 is 5.11 Å². The van der Waals surface area contributed by atoms with Crippen molar-refractivity contribution in [3.05, 3.63) is 65.9 Å². The van der Waals surface area contributed by atoms with Gasteiger partial charge in [-0.15, -0.1) is 0 Å². The summed E-state index contributed by atoms with van der Waals surface area (Å²) in [6.07, 6.45) is 1.86. The minimum Gasteiger partial charge on any atom is -0.508 e. The van der Waals surface area contributed by atoms with E-state index in [1.165, 1.54) is 5.56 Å². The third-order valence-corrected chi connectivity index (χ3v) is 3.76. The highest BCUT2D eigenvalue weighted by molar-refractivity contribution is 5.61. The molecule has 0 saturated heterocycles. The Hall–Kier alpha value is -2.75. The van der Waals surface area contributed by atoms with Gasteiger partial charge < -0.3 is 15.0 Å². The molecule has 2 aromatic carbocycles. The van der Waals surface area contributed by atoms with E-state index in [2.05, 4.69) is 41.5 Å². The van der Waals surface area contributed by atoms with Crippen LogP contribution < -0.4 is 5.32 Å². The van der Waals surface area contributed by atoms with Crippen LogP contribution in [0.25, 0.3) is 11.3 Å². The van der Waals surface area contributed by atoms with E-state index in [4.69, 9.17) is 0 Å². The average molecular weight is 293 g/mol. The lowest BCUT2D eigenvalue weighted by Gasteiger charge is -2.09. The van der Waals surface area contributed by atoms with Gasteiger partial charge in [-0.25, -0.2) is 4.98 Å². The lowest BCUT2D eigenvalue weighted by molar-refractivity contribution is 0.469. The number of hydrogen-bond acceptors (Lipinski definition) is 3. The van der Waals surface area contributed by atoms with Gasteiger partial charge in [-0.2, -0.15) is 0 Å². The second kappa shape index (κ2) is 5.93. The second-order valence-electron chi connectivity index (χ2n) is 5.37. The highest BCUT2D eigenvalue weighted by Crippen LogP contribution is 2.23. The molecule has 0 aliphatic heterocycles. The standard InChI is InChI=1S/C18H19N3O/c1-13-7-9-14(10-8-13)16-12-20-18(21(16)2)19-11-15-5-3-4-6-17(15)22/h3-10,12,22H,11H2,1-2H3,(H,19,20). The minimum atomic E-state index is 0.294. The van der Waals surface area contributed by atoms with Crippen molar-refractivity contribution in [2.24, 2.45) is 7.05 Å². The first-order chi connectivity index (χ1) is 10.6. The van der Waals surface area contributed by atoms with Crippen LogP contribution in [0.3, 0.4) is 0 Å². The topological polar surface area (TPSA) is 50.1 Å². The fourth-order valence-corrected chi connectivity index (χ4v) is 2.40. The summed E-state index contributed by atoms with van der Waals surface area (Å²) in [6.45, 7) is 2.61. The number of nitrogens with one attached hydrogen (secondary N) is 1. The molecule has 3 rings (SSSR count). The second-order valence-corrected chi connectivity index (χ2v) is 5.37. The van der Waals surface area contributed by atoms with Crippen molar-refractivity contribution in [3.63, 3.8) is 0 Å². The number of aromatic nitrogens is 2. The number of rotatable bonds is 4. The Kier molecular flexibility index (Phi) is 3.83. The van der Waals surface area contributed by atoms with Gasteiger partial charge in [0.15, 0.2) is 0 Å². The molecule has 0 radical (unpaired) electrons. The number of aryl methyl sites for hydroxylation is 1. The van der Waals surface area contributed by atoms with Crippen molar-refractivity contribution in [2.75, 3.05) is 5.32 Å². The Labute approximate surface area is 130 Å². The third-order valence-electron chi connectivity index (χ3n) is 3.76. The molecule has 3 aromatic rings. The van der Waals surface area contributed by atoms with Crippen LogP contribution in [0.4, 0.5) is 5.95 Å². The minimum absolute atomic E-state index is 0.294. The van der Waals surface area contributed by atoms with Crippen molar-refractivity contribution in [2.45, 2.75) is 13.5 Å². The maximum absolute atomic E-state index is 9.80. The van der Waals surface area contributed by atoms with E-state index in [1.54, 1.807) is 6.07 Å². The zero-order chi connectivity index (χ0) is 15.5. The van der Waals surface area contributed by atoms with Crippen LogP contribution in [0.1, 0.15) is 11.1 Å². The van der Waals surface area contributed by atoms with Gasteiger partial charge in [0.2, 0.25) is 5.95 Å². The molecular weight excluding hydrogens is 274 g/mol. The number of nitrogens with zero attached hydrogens (tertiary/aromatic N) is 2. The van der Waals surface area contributed by atoms with E-state index >= 15 is 0 Å². The maximum Gasteiger partial charge on any atom is 0.203 e. The number of aromatic hydroxyl groups is 1. The molecule has 0 saturated carbocycles. The van der Waals surface area contributed by atoms with E-state index < -0.39 is 0 Å². The average Bonchev–Trinajstić information content (AvgIpc) is 2.88. The molecule has 0 aliphatic rings. The first-order valence-corrected chi connectivity index (χ1v) is 7.24. The summed E-state index contributed by atoms with van der Waals surface area (Å²) in [4.78, 5) is 4.43. The molecule has 0 aliphatic carbocycles. The van der Waals surface area contributed by atoms with Crippen LogP contribution in [-0.2, 0) is 13.6 Å². The Morgan fingerprint density at radius 1 is 1.09 bits per heavy atom. The van der Waals surface area contributed by atoms with Crippen LogP contribution in [-0.4, -0.2) is 14.7 Å². The van der Waals surface area contributed by atoms with E-state index in [0.717, 1.165) is 22.8 Å². The first kappa shape index (κ1) is 14.2. The number of anilines is 1. The lowest BCUT2D eigenvalue weighted by Crippen LogP contribution is -2.05. The fraction of sp³-hybridized carbons (Fsp3) is 0.167. The van der Waals surface area contributed by atoms with E-state index in [9.17, 15) is 5.11 Å². The van der Waals surface area contributed by atoms with Gasteiger partial charge in [0, 0.05) is 19.2 Å². The van der Waals surface area contributed by atoms with Crippen molar-refractivity contribution >= 4 is 5.95 Å². The maximum atomic E-state index is 9.80. The SMILES string of the molecule is Cc1ccc(-c2cnc(NCc3ccccc3O)n2C)cc1. The Morgan fingerprint density at radius 3 is 2.55 bits per heavy atom. The summed E-state index contributed by atoms with van der Waals surface area (Å²) in [5.41, 5.74) is 4.28. The third kappa shape index (κ3) is 2.81. The molecule has 0 fully saturated rings. The van der Waals surface area contributed by atoms with Crippen LogP contribution in [0, 0.1) is 6.92 Å². The van der Waals surface area contributed by atoms with Gasteiger partial charge in [0.05, 0.1) is 11.9 Å². The van der Waals surface area contributed by atoms with Gasteiger partial charge in [0.25, 0.3) is 0 Å². The Balaban J connectivity index is 1.79. The van der Waals surface area contributed by atoms with E-state index in [-0.39, 0.29) is 0 Å². The van der Waals surface area contributed by atoms with Crippen molar-refractivity contribution in [1.29, 1.82) is 0 Å². The molecule has 112 valence electrons. The zero-order valence-corrected chi connectivity index (χ0v) is 12.7. The monoisotopic (exact) mass is 293 g/mol. The van der Waals surface area contributed by atoms with Gasteiger partial charge >= 0.3 is 0 Å². The van der Waals surface area contributed by atoms with Crippen LogP contribution >= 0.6 is 0 Å². The summed E-state index contributed by atoms with van der Waals surface area (Å²) in [5, 5.41) is 13.1. The summed E-state index contributed by atoms with van der Waals surface area (Å²) >= 11 is 0. The molecule has 1 aromatic heterocycles. The molecule has 0 amide bonds. The molecular formula is C18H19N3O. The number of phenolic OH excluding ortho intramolecular Hbond substituents is 1. The number of imidazole rings is 1. The molecule has 0 spiro atoms. The van der Waals surface area contributed by atoms with Gasteiger partial charge in [-0.05, 0) is 18.6 Å². The summed E-state index contributed by atoms with van der Waals surface area (Å²) in [7, 11) is 1.98. The quantitative estimate of drug-likeness (QED) is 0.771. The van der Waals surface area contributed by atoms with Crippen LogP contribution in [0.2, 0.25) is 0 Å². The summed E-state index contributed by atoms with van der Waals surface area (Å²) in [6, 6.07) is 15.7. The number of benzene rings is 2. The molecule has 22 heavy (non-hydrogen) atoms. The fourth-order valence-electron chi connectivity index (χ4n) is 2.40. The highest BCUT2D eigenvalue weighted by atomic mass is 16.3. The van der Waals surface area contributed by atoms with E-state index in [1.807, 2.05) is 36.0 Å². The molecule has 4 heteroatoms. The molecule has 0 atom stereocenters. The molecule has 4 nitrogen and oxygen atoms in total. The van der Waals surface area contributed by atoms with Crippen molar-refractivity contribution in [3.8, 4) is 17.0 Å². The molecule has 0 bridgehead atoms. The summed E-state index contributed by atoms with van der Waals surface area (Å²) < 4.78 is 2.02. The predicted octanol–water partition coefficient (Wildman–Crippen LogP) is 3.71.